The summed E-state index contributed by atoms with van der Waals surface area (Å²) >= 11 is 11.3. The van der Waals surface area contributed by atoms with Gasteiger partial charge >= 0.3 is 6.18 Å². The van der Waals surface area contributed by atoms with Crippen molar-refractivity contribution < 1.29 is 18.0 Å². The van der Waals surface area contributed by atoms with Crippen molar-refractivity contribution in [3.8, 4) is 5.69 Å². The number of alkyl halides is 3. The van der Waals surface area contributed by atoms with Crippen LogP contribution in [-0.2, 0) is 12.6 Å². The number of hydrogen-bond donors (Lipinski definition) is 2. The van der Waals surface area contributed by atoms with E-state index in [4.69, 9.17) is 23.8 Å². The van der Waals surface area contributed by atoms with Crippen molar-refractivity contribution in [3.05, 3.63) is 104 Å². The Balaban J connectivity index is 1.65. The van der Waals surface area contributed by atoms with E-state index in [1.165, 1.54) is 18.2 Å². The molecule has 0 saturated carbocycles. The number of benzene rings is 3. The number of carbonyl (C=O) groups is 1. The van der Waals surface area contributed by atoms with Crippen molar-refractivity contribution in [2.75, 3.05) is 6.54 Å². The number of H-pyrrole nitrogens is 1. The fourth-order valence-corrected chi connectivity index (χ4v) is 4.00. The van der Waals surface area contributed by atoms with Gasteiger partial charge in [0.1, 0.15) is 0 Å². The van der Waals surface area contributed by atoms with Gasteiger partial charge in [0, 0.05) is 12.1 Å². The number of rotatable bonds is 5. The first kappa shape index (κ1) is 23.7. The van der Waals surface area contributed by atoms with Crippen LogP contribution in [0.1, 0.15) is 21.5 Å². The fraction of sp³-hybridized carbons (Fsp3) is 0.125. The highest BCUT2D eigenvalue weighted by molar-refractivity contribution is 7.71. The van der Waals surface area contributed by atoms with E-state index in [-0.39, 0.29) is 32.3 Å². The SMILES string of the molecule is O=C(NCCc1ccccc1)c1ccc2c(=O)n(-c3cc(C(F)(F)F)ccc3Cl)c(=S)[nH]c2c1. The minimum atomic E-state index is -4.62. The molecule has 4 rings (SSSR count). The lowest BCUT2D eigenvalue weighted by Gasteiger charge is -2.13. The van der Waals surface area contributed by atoms with Crippen LogP contribution in [0.4, 0.5) is 13.2 Å². The van der Waals surface area contributed by atoms with Gasteiger partial charge in [0.2, 0.25) is 0 Å². The van der Waals surface area contributed by atoms with E-state index in [1.54, 1.807) is 0 Å². The Labute approximate surface area is 201 Å². The number of halogens is 4. The number of amides is 1. The Bertz CT molecular complexity index is 1500. The maximum Gasteiger partial charge on any atom is 0.416 e. The molecule has 0 radical (unpaired) electrons. The Morgan fingerprint density at radius 3 is 2.50 bits per heavy atom. The third kappa shape index (κ3) is 4.90. The van der Waals surface area contributed by atoms with Crippen LogP contribution < -0.4 is 10.9 Å². The van der Waals surface area contributed by atoms with E-state index < -0.39 is 17.3 Å². The molecule has 0 saturated heterocycles. The number of nitrogens with one attached hydrogen (secondary N) is 2. The van der Waals surface area contributed by atoms with Crippen molar-refractivity contribution in [1.82, 2.24) is 14.9 Å². The van der Waals surface area contributed by atoms with Gasteiger partial charge in [0.05, 0.1) is 27.2 Å². The van der Waals surface area contributed by atoms with E-state index in [0.29, 0.717) is 18.5 Å². The molecular weight excluding hydrogens is 487 g/mol. The topological polar surface area (TPSA) is 66.9 Å². The molecule has 5 nitrogen and oxygen atoms in total. The minimum absolute atomic E-state index is 0.0663. The minimum Gasteiger partial charge on any atom is -0.352 e. The van der Waals surface area contributed by atoms with Crippen molar-refractivity contribution in [3.63, 3.8) is 0 Å². The van der Waals surface area contributed by atoms with Gasteiger partial charge < -0.3 is 10.3 Å². The van der Waals surface area contributed by atoms with Crippen LogP contribution in [0.3, 0.4) is 0 Å². The monoisotopic (exact) mass is 503 g/mol. The van der Waals surface area contributed by atoms with Crippen molar-refractivity contribution in [1.29, 1.82) is 0 Å². The molecular formula is C24H17ClF3N3O2S. The molecule has 1 aromatic heterocycles. The average Bonchev–Trinajstić information content (AvgIpc) is 2.79. The molecule has 174 valence electrons. The summed E-state index contributed by atoms with van der Waals surface area (Å²) in [5.41, 5.74) is -0.135. The van der Waals surface area contributed by atoms with Crippen LogP contribution in [0.2, 0.25) is 5.02 Å². The molecule has 4 aromatic rings. The normalized spacial score (nSPS) is 11.5. The van der Waals surface area contributed by atoms with Gasteiger partial charge in [-0.15, -0.1) is 0 Å². The van der Waals surface area contributed by atoms with Crippen LogP contribution >= 0.6 is 23.8 Å². The van der Waals surface area contributed by atoms with Crippen molar-refractivity contribution >= 4 is 40.6 Å². The van der Waals surface area contributed by atoms with Gasteiger partial charge in [-0.25, -0.2) is 0 Å². The molecule has 0 aliphatic carbocycles. The molecule has 10 heteroatoms. The van der Waals surface area contributed by atoms with E-state index >= 15 is 0 Å². The number of fused-ring (bicyclic) bond motifs is 1. The predicted molar refractivity (Wildman–Crippen MR) is 127 cm³/mol. The molecule has 0 spiro atoms. The van der Waals surface area contributed by atoms with Crippen molar-refractivity contribution in [2.45, 2.75) is 12.6 Å². The fourth-order valence-electron chi connectivity index (χ4n) is 3.51. The van der Waals surface area contributed by atoms with Crippen LogP contribution in [-0.4, -0.2) is 22.0 Å². The highest BCUT2D eigenvalue weighted by Gasteiger charge is 2.31. The zero-order chi connectivity index (χ0) is 24.5. The maximum absolute atomic E-state index is 13.2. The van der Waals surface area contributed by atoms with E-state index in [1.807, 2.05) is 30.3 Å². The molecule has 1 heterocycles. The number of carbonyl (C=O) groups excluding carboxylic acids is 1. The molecule has 0 fully saturated rings. The molecule has 34 heavy (non-hydrogen) atoms. The summed E-state index contributed by atoms with van der Waals surface area (Å²) in [6.07, 6.45) is -3.96. The van der Waals surface area contributed by atoms with Gasteiger partial charge in [0.15, 0.2) is 4.77 Å². The van der Waals surface area contributed by atoms with E-state index in [2.05, 4.69) is 10.3 Å². The number of hydrogen-bond acceptors (Lipinski definition) is 3. The van der Waals surface area contributed by atoms with Crippen LogP contribution in [0.25, 0.3) is 16.6 Å². The largest absolute Gasteiger partial charge is 0.416 e. The molecule has 0 unspecified atom stereocenters. The van der Waals surface area contributed by atoms with E-state index in [0.717, 1.165) is 28.3 Å². The van der Waals surface area contributed by atoms with Crippen molar-refractivity contribution in [2.24, 2.45) is 0 Å². The first-order chi connectivity index (χ1) is 16.1. The molecule has 0 aliphatic rings. The van der Waals surface area contributed by atoms with Gasteiger partial charge in [0.25, 0.3) is 11.5 Å². The Kier molecular flexibility index (Phi) is 6.58. The summed E-state index contributed by atoms with van der Waals surface area (Å²) in [7, 11) is 0. The molecule has 1 amide bonds. The standard InChI is InChI=1S/C24H17ClF3N3O2S/c25-18-9-7-16(24(26,27)28)13-20(18)31-22(33)17-8-6-15(12-19(17)30-23(31)34)21(32)29-11-10-14-4-2-1-3-5-14/h1-9,12-13H,10-11H2,(H,29,32)(H,30,34). The molecule has 2 N–H and O–H groups in total. The third-order valence-corrected chi connectivity index (χ3v) is 5.82. The van der Waals surface area contributed by atoms with E-state index in [9.17, 15) is 22.8 Å². The molecule has 3 aromatic carbocycles. The summed E-state index contributed by atoms with van der Waals surface area (Å²) in [5, 5.41) is 2.90. The Hall–Kier alpha value is -3.43. The summed E-state index contributed by atoms with van der Waals surface area (Å²) < 4.78 is 40.3. The smallest absolute Gasteiger partial charge is 0.352 e. The highest BCUT2D eigenvalue weighted by Crippen LogP contribution is 2.33. The molecule has 0 aliphatic heterocycles. The van der Waals surface area contributed by atoms with Crippen LogP contribution in [0.15, 0.2) is 71.5 Å². The second kappa shape index (κ2) is 9.44. The summed E-state index contributed by atoms with van der Waals surface area (Å²) in [4.78, 5) is 28.5. The lowest BCUT2D eigenvalue weighted by atomic mass is 10.1. The zero-order valence-corrected chi connectivity index (χ0v) is 19.0. The second-order valence-electron chi connectivity index (χ2n) is 7.49. The quantitative estimate of drug-likeness (QED) is 0.344. The number of aromatic nitrogens is 2. The second-order valence-corrected chi connectivity index (χ2v) is 8.28. The van der Waals surface area contributed by atoms with Gasteiger partial charge in [-0.3, -0.25) is 14.2 Å². The third-order valence-electron chi connectivity index (χ3n) is 5.22. The number of nitrogens with zero attached hydrogens (tertiary/aromatic N) is 1. The Morgan fingerprint density at radius 1 is 1.06 bits per heavy atom. The van der Waals surface area contributed by atoms with Gasteiger partial charge in [-0.2, -0.15) is 13.2 Å². The summed E-state index contributed by atoms with van der Waals surface area (Å²) in [5.74, 6) is -0.331. The first-order valence-electron chi connectivity index (χ1n) is 10.1. The van der Waals surface area contributed by atoms with Crippen LogP contribution in [0, 0.1) is 4.77 Å². The zero-order valence-electron chi connectivity index (χ0n) is 17.4. The lowest BCUT2D eigenvalue weighted by molar-refractivity contribution is -0.137. The summed E-state index contributed by atoms with van der Waals surface area (Å²) in [6, 6.07) is 16.7. The number of aromatic amines is 1. The lowest BCUT2D eigenvalue weighted by Crippen LogP contribution is -2.26. The van der Waals surface area contributed by atoms with Gasteiger partial charge in [-0.05, 0) is 60.6 Å². The molecule has 0 bridgehead atoms. The maximum atomic E-state index is 13.2. The van der Waals surface area contributed by atoms with Crippen LogP contribution in [0.5, 0.6) is 0 Å². The summed E-state index contributed by atoms with van der Waals surface area (Å²) in [6.45, 7) is 0.423. The predicted octanol–water partition coefficient (Wildman–Crippen LogP) is 5.69. The average molecular weight is 504 g/mol. The first-order valence-corrected chi connectivity index (χ1v) is 10.9. The Morgan fingerprint density at radius 2 is 1.79 bits per heavy atom. The molecule has 0 atom stereocenters. The van der Waals surface area contributed by atoms with Gasteiger partial charge in [-0.1, -0.05) is 41.9 Å². The highest BCUT2D eigenvalue weighted by atomic mass is 35.5.